The Balaban J connectivity index is 0.00000225. The summed E-state index contributed by atoms with van der Waals surface area (Å²) in [5, 5.41) is 0. The Bertz CT molecular complexity index is 289. The predicted molar refractivity (Wildman–Crippen MR) is 60.3 cm³/mol. The number of carbonyl (C=O) groups excluding carboxylic acids is 3. The third kappa shape index (κ3) is 4.03. The molecule has 1 aliphatic rings. The second-order valence-electron chi connectivity index (χ2n) is 4.64. The van der Waals surface area contributed by atoms with Gasteiger partial charge in [-0.2, -0.15) is 0 Å². The summed E-state index contributed by atoms with van der Waals surface area (Å²) >= 11 is 0. The number of rotatable bonds is 2. The Morgan fingerprint density at radius 3 is 2.12 bits per heavy atom. The van der Waals surface area contributed by atoms with Crippen LogP contribution in [0.5, 0.6) is 0 Å². The van der Waals surface area contributed by atoms with E-state index in [2.05, 4.69) is 0 Å². The first-order valence-electron chi connectivity index (χ1n) is 5.09. The topological polar surface area (TPSA) is 60.4 Å². The van der Waals surface area contributed by atoms with Crippen LogP contribution in [0.15, 0.2) is 0 Å². The fraction of sp³-hybridized carbons (Fsp3) is 0.727. The van der Waals surface area contributed by atoms with Crippen molar-refractivity contribution in [2.75, 3.05) is 6.61 Å². The molecular formula is C11H17KO4. The van der Waals surface area contributed by atoms with Crippen LogP contribution < -0.4 is 0 Å². The van der Waals surface area contributed by atoms with E-state index >= 15 is 0 Å². The van der Waals surface area contributed by atoms with E-state index in [1.165, 1.54) is 0 Å². The van der Waals surface area contributed by atoms with Gasteiger partial charge in [-0.15, -0.1) is 0 Å². The Morgan fingerprint density at radius 2 is 1.75 bits per heavy atom. The van der Waals surface area contributed by atoms with E-state index in [-0.39, 0.29) is 87.8 Å². The molecule has 86 valence electrons. The van der Waals surface area contributed by atoms with Gasteiger partial charge < -0.3 is 4.74 Å². The molecule has 0 aromatic rings. The maximum atomic E-state index is 11.6. The van der Waals surface area contributed by atoms with Crippen LogP contribution in [0.2, 0.25) is 0 Å². The Kier molecular flexibility index (Phi) is 6.58. The van der Waals surface area contributed by atoms with E-state index in [9.17, 15) is 14.4 Å². The quantitative estimate of drug-likeness (QED) is 0.407. The van der Waals surface area contributed by atoms with Crippen LogP contribution in [0.1, 0.15) is 33.6 Å². The summed E-state index contributed by atoms with van der Waals surface area (Å²) < 4.78 is 4.71. The molecule has 0 aromatic carbocycles. The second kappa shape index (κ2) is 6.40. The minimum atomic E-state index is -1.17. The van der Waals surface area contributed by atoms with Crippen molar-refractivity contribution in [3.05, 3.63) is 0 Å². The van der Waals surface area contributed by atoms with Gasteiger partial charge in [0.1, 0.15) is 0 Å². The van der Waals surface area contributed by atoms with E-state index in [1.807, 2.05) is 13.8 Å². The van der Waals surface area contributed by atoms with Crippen LogP contribution in [0.3, 0.4) is 0 Å². The van der Waals surface area contributed by atoms with Gasteiger partial charge in [-0.05, 0) is 12.3 Å². The third-order valence-electron chi connectivity index (χ3n) is 2.47. The Hall–Kier alpha value is 0.446. The zero-order chi connectivity index (χ0) is 11.6. The van der Waals surface area contributed by atoms with E-state index in [0.29, 0.717) is 0 Å². The van der Waals surface area contributed by atoms with Gasteiger partial charge in [-0.3, -0.25) is 14.4 Å². The molecule has 0 unspecified atom stereocenters. The van der Waals surface area contributed by atoms with Crippen LogP contribution in [-0.4, -0.2) is 75.5 Å². The number of hydrogen-bond donors (Lipinski definition) is 0. The molecule has 0 aromatic heterocycles. The van der Waals surface area contributed by atoms with E-state index in [0.717, 1.165) is 0 Å². The van der Waals surface area contributed by atoms with Crippen molar-refractivity contribution in [2.24, 2.45) is 11.3 Å². The van der Waals surface area contributed by atoms with Gasteiger partial charge in [-0.25, -0.2) is 0 Å². The normalized spacial score (nSPS) is 20.2. The van der Waals surface area contributed by atoms with Gasteiger partial charge in [-0.1, -0.05) is 13.8 Å². The molecule has 16 heavy (non-hydrogen) atoms. The molecule has 0 amide bonds. The molecule has 0 heterocycles. The molecular weight excluding hydrogens is 235 g/mol. The number of esters is 1. The molecule has 5 heteroatoms. The maximum absolute atomic E-state index is 11.6. The SMILES string of the molecule is CCOC(=O)C1C(=O)CC(C)(C)CC1=O.[KH]. The molecule has 1 saturated carbocycles. The molecule has 1 rings (SSSR count). The van der Waals surface area contributed by atoms with Gasteiger partial charge in [0.05, 0.1) is 6.61 Å². The summed E-state index contributed by atoms with van der Waals surface area (Å²) in [6.45, 7) is 5.55. The van der Waals surface area contributed by atoms with Gasteiger partial charge in [0.2, 0.25) is 0 Å². The number of hydrogen-bond acceptors (Lipinski definition) is 4. The standard InChI is InChI=1S/C11H16O4.K.H/c1-4-15-10(14)9-7(12)5-11(2,3)6-8(9)13;;/h9H,4-6H2,1-3H3;;. The molecule has 4 nitrogen and oxygen atoms in total. The first kappa shape index (κ1) is 16.4. The van der Waals surface area contributed by atoms with Crippen LogP contribution in [0, 0.1) is 11.3 Å². The first-order chi connectivity index (χ1) is 6.87. The van der Waals surface area contributed by atoms with Gasteiger partial charge in [0.25, 0.3) is 0 Å². The van der Waals surface area contributed by atoms with E-state index in [1.54, 1.807) is 6.92 Å². The number of carbonyl (C=O) groups is 3. The number of Topliss-reactive ketones (excluding diaryl/α,β-unsaturated/α-hetero) is 2. The van der Waals surface area contributed by atoms with Gasteiger partial charge in [0.15, 0.2) is 17.5 Å². The molecule has 0 aliphatic heterocycles. The summed E-state index contributed by atoms with van der Waals surface area (Å²) in [5.41, 5.74) is -0.322. The van der Waals surface area contributed by atoms with Crippen molar-refractivity contribution in [1.82, 2.24) is 0 Å². The van der Waals surface area contributed by atoms with Gasteiger partial charge >= 0.3 is 57.4 Å². The zero-order valence-electron chi connectivity index (χ0n) is 9.33. The Labute approximate surface area is 138 Å². The molecule has 0 spiro atoms. The van der Waals surface area contributed by atoms with Crippen LogP contribution >= 0.6 is 0 Å². The van der Waals surface area contributed by atoms with Crippen molar-refractivity contribution in [1.29, 1.82) is 0 Å². The summed E-state index contributed by atoms with van der Waals surface area (Å²) in [5.74, 6) is -2.48. The molecule has 1 aliphatic carbocycles. The molecule has 0 saturated heterocycles. The third-order valence-corrected chi connectivity index (χ3v) is 2.47. The van der Waals surface area contributed by atoms with Crippen molar-refractivity contribution < 1.29 is 19.1 Å². The second-order valence-corrected chi connectivity index (χ2v) is 4.64. The van der Waals surface area contributed by atoms with Crippen molar-refractivity contribution >= 4 is 68.9 Å². The average Bonchev–Trinajstić information content (AvgIpc) is 1.99. The van der Waals surface area contributed by atoms with Crippen molar-refractivity contribution in [2.45, 2.75) is 33.6 Å². The number of ether oxygens (including phenoxy) is 1. The summed E-state index contributed by atoms with van der Waals surface area (Å²) in [4.78, 5) is 34.6. The predicted octanol–water partition coefficient (Wildman–Crippen LogP) is 0.475. The molecule has 0 atom stereocenters. The van der Waals surface area contributed by atoms with Crippen LogP contribution in [-0.2, 0) is 19.1 Å². The van der Waals surface area contributed by atoms with Crippen molar-refractivity contribution in [3.8, 4) is 0 Å². The van der Waals surface area contributed by atoms with E-state index < -0.39 is 11.9 Å². The monoisotopic (exact) mass is 252 g/mol. The summed E-state index contributed by atoms with van der Waals surface area (Å²) in [7, 11) is 0. The molecule has 0 bridgehead atoms. The fourth-order valence-corrected chi connectivity index (χ4v) is 1.88. The fourth-order valence-electron chi connectivity index (χ4n) is 1.88. The zero-order valence-corrected chi connectivity index (χ0v) is 9.33. The summed E-state index contributed by atoms with van der Waals surface area (Å²) in [6, 6.07) is 0. The molecule has 1 fully saturated rings. The Morgan fingerprint density at radius 1 is 1.31 bits per heavy atom. The summed E-state index contributed by atoms with van der Waals surface area (Å²) in [6.07, 6.45) is 0.532. The number of ketones is 2. The van der Waals surface area contributed by atoms with Crippen LogP contribution in [0.25, 0.3) is 0 Å². The first-order valence-corrected chi connectivity index (χ1v) is 5.09. The average molecular weight is 252 g/mol. The van der Waals surface area contributed by atoms with Gasteiger partial charge in [0, 0.05) is 12.8 Å². The molecule has 0 radical (unpaired) electrons. The minimum absolute atomic E-state index is 0. The van der Waals surface area contributed by atoms with E-state index in [4.69, 9.17) is 4.74 Å². The van der Waals surface area contributed by atoms with Crippen LogP contribution in [0.4, 0.5) is 0 Å². The van der Waals surface area contributed by atoms with Crippen molar-refractivity contribution in [3.63, 3.8) is 0 Å². The molecule has 0 N–H and O–H groups in total.